The molecule has 19 nitrogen and oxygen atoms in total. The Morgan fingerprint density at radius 1 is 0.646 bits per heavy atom. The number of nitrogen functional groups attached to an aromatic ring is 1. The van der Waals surface area contributed by atoms with Gasteiger partial charge in [0.25, 0.3) is 10.1 Å². The van der Waals surface area contributed by atoms with Gasteiger partial charge in [0, 0.05) is 23.2 Å². The predicted octanol–water partition coefficient (Wildman–Crippen LogP) is 6.11. The Labute approximate surface area is 274 Å². The number of phenols is 1. The molecule has 0 aliphatic heterocycles. The number of aliphatic hydroxyl groups excluding tert-OH is 2. The lowest BCUT2D eigenvalue weighted by Crippen LogP contribution is -2.04. The SMILES string of the molecule is Nc1ccc2cc(S(O)(O)O)c(N=Nc3cc(OCCO)c(N=Nc4cc(S(O)(O)O)ccc4S(=O)(=O)O)cc3OCCO)c(O)c2c1. The summed E-state index contributed by atoms with van der Waals surface area (Å²) >= 11 is 0. The zero-order valence-electron chi connectivity index (χ0n) is 24.2. The van der Waals surface area contributed by atoms with Gasteiger partial charge in [-0.1, -0.05) is 6.07 Å². The molecule has 0 atom stereocenters. The fourth-order valence-electron chi connectivity index (χ4n) is 4.08. The zero-order chi connectivity index (χ0) is 35.4. The van der Waals surface area contributed by atoms with Crippen LogP contribution in [-0.4, -0.2) is 82.0 Å². The van der Waals surface area contributed by atoms with Crippen molar-refractivity contribution < 1.29 is 65.1 Å². The molecule has 0 amide bonds. The largest absolute Gasteiger partial charge is 0.505 e. The van der Waals surface area contributed by atoms with Crippen LogP contribution in [-0.2, 0) is 10.1 Å². The van der Waals surface area contributed by atoms with E-state index in [1.807, 2.05) is 0 Å². The lowest BCUT2D eigenvalue weighted by atomic mass is 10.1. The van der Waals surface area contributed by atoms with Crippen LogP contribution in [0.2, 0.25) is 0 Å². The van der Waals surface area contributed by atoms with Gasteiger partial charge in [-0.15, -0.1) is 20.5 Å². The molecule has 0 radical (unpaired) electrons. The Hall–Kier alpha value is -4.17. The number of aromatic hydroxyl groups is 1. The fraction of sp³-hybridized carbons (Fsp3) is 0.154. The minimum Gasteiger partial charge on any atom is -0.505 e. The molecule has 0 bridgehead atoms. The Morgan fingerprint density at radius 3 is 1.73 bits per heavy atom. The lowest BCUT2D eigenvalue weighted by Gasteiger charge is -2.22. The van der Waals surface area contributed by atoms with Gasteiger partial charge in [0.1, 0.15) is 74.1 Å². The number of phenolic OH excluding ortho intramolecular Hbond substituents is 1. The average molecular weight is 732 g/mol. The van der Waals surface area contributed by atoms with Crippen molar-refractivity contribution in [2.45, 2.75) is 14.7 Å². The summed E-state index contributed by atoms with van der Waals surface area (Å²) in [4.78, 5) is -1.96. The topological polar surface area (TPSA) is 330 Å². The van der Waals surface area contributed by atoms with E-state index in [9.17, 15) is 55.6 Å². The number of anilines is 1. The number of nitrogens with two attached hydrogens (primary N) is 1. The number of ether oxygens (including phenoxy) is 2. The van der Waals surface area contributed by atoms with Gasteiger partial charge in [-0.25, -0.2) is 0 Å². The van der Waals surface area contributed by atoms with Crippen LogP contribution < -0.4 is 15.2 Å². The Kier molecular flexibility index (Phi) is 11.1. The van der Waals surface area contributed by atoms with Crippen molar-refractivity contribution in [3.05, 3.63) is 54.6 Å². The Morgan fingerprint density at radius 2 is 1.21 bits per heavy atom. The molecule has 0 saturated heterocycles. The summed E-state index contributed by atoms with van der Waals surface area (Å²) in [5.74, 6) is -1.01. The van der Waals surface area contributed by atoms with E-state index in [4.69, 9.17) is 15.2 Å². The van der Waals surface area contributed by atoms with Gasteiger partial charge in [-0.2, -0.15) is 8.42 Å². The van der Waals surface area contributed by atoms with Gasteiger partial charge < -0.3 is 57.8 Å². The van der Waals surface area contributed by atoms with Crippen LogP contribution in [0.5, 0.6) is 17.2 Å². The molecule has 22 heteroatoms. The van der Waals surface area contributed by atoms with Crippen molar-refractivity contribution in [3.63, 3.8) is 0 Å². The summed E-state index contributed by atoms with van der Waals surface area (Å²) in [6, 6.07) is 10.1. The predicted molar refractivity (Wildman–Crippen MR) is 174 cm³/mol. The maximum Gasteiger partial charge on any atom is 0.296 e. The van der Waals surface area contributed by atoms with E-state index in [0.717, 1.165) is 36.4 Å². The molecule has 260 valence electrons. The third-order valence-electron chi connectivity index (χ3n) is 6.16. The number of fused-ring (bicyclic) bond motifs is 1. The quantitative estimate of drug-likeness (QED) is 0.0419. The summed E-state index contributed by atoms with van der Waals surface area (Å²) in [5.41, 5.74) is 4.45. The van der Waals surface area contributed by atoms with Gasteiger partial charge in [0.05, 0.1) is 23.0 Å². The Bertz CT molecular complexity index is 2000. The third-order valence-corrected chi connectivity index (χ3v) is 8.85. The molecule has 0 unspecified atom stereocenters. The molecule has 0 fully saturated rings. The summed E-state index contributed by atoms with van der Waals surface area (Å²) < 4.78 is 104. The van der Waals surface area contributed by atoms with Crippen molar-refractivity contribution in [2.24, 2.45) is 20.5 Å². The van der Waals surface area contributed by atoms with Crippen LogP contribution in [0, 0.1) is 0 Å². The van der Waals surface area contributed by atoms with Gasteiger partial charge >= 0.3 is 0 Å². The lowest BCUT2D eigenvalue weighted by molar-refractivity contribution is 0.198. The van der Waals surface area contributed by atoms with Gasteiger partial charge in [0.15, 0.2) is 5.75 Å². The highest BCUT2D eigenvalue weighted by atomic mass is 32.3. The molecule has 0 spiro atoms. The molecular formula is C26H29N5O14S3. The number of rotatable bonds is 13. The van der Waals surface area contributed by atoms with Crippen LogP contribution in [0.1, 0.15) is 0 Å². The van der Waals surface area contributed by atoms with Crippen LogP contribution in [0.25, 0.3) is 10.8 Å². The highest BCUT2D eigenvalue weighted by molar-refractivity contribution is 8.19. The van der Waals surface area contributed by atoms with Gasteiger partial charge in [0.2, 0.25) is 0 Å². The number of azo groups is 2. The third kappa shape index (κ3) is 8.64. The highest BCUT2D eigenvalue weighted by Gasteiger charge is 2.26. The van der Waals surface area contributed by atoms with Crippen LogP contribution in [0.15, 0.2) is 89.7 Å². The summed E-state index contributed by atoms with van der Waals surface area (Å²) in [7, 11) is -13.7. The minimum absolute atomic E-state index is 0.131. The number of hydrogen-bond acceptors (Lipinski definition) is 18. The number of aliphatic hydroxyl groups is 2. The minimum atomic E-state index is -4.93. The molecule has 4 aromatic carbocycles. The van der Waals surface area contributed by atoms with E-state index in [-0.39, 0.29) is 52.5 Å². The molecule has 4 aromatic rings. The summed E-state index contributed by atoms with van der Waals surface area (Å²) in [6.07, 6.45) is 0. The first-order valence-corrected chi connectivity index (χ1v) is 17.6. The standard InChI is InChI=1S/C26H29N5O14S3/c27-15-2-1-14-9-24(48(41,42)43)25(26(34)17(14)10-15)31-29-19-13-21(44-7-5-32)18(12-22(19)45-8-6-33)28-30-20-11-16(46(35,36)37)3-4-23(20)47(38,39)40/h1-4,9-13,32-37,41-43H,5-8,27H2,(H,38,39,40). The van der Waals surface area contributed by atoms with Crippen LogP contribution in [0.3, 0.4) is 0 Å². The average Bonchev–Trinajstić information content (AvgIpc) is 3.00. The van der Waals surface area contributed by atoms with Gasteiger partial charge in [-0.3, -0.25) is 4.55 Å². The zero-order valence-corrected chi connectivity index (χ0v) is 26.7. The van der Waals surface area contributed by atoms with Gasteiger partial charge in [-0.05, 0) is 41.8 Å². The fourth-order valence-corrected chi connectivity index (χ4v) is 5.88. The first-order valence-electron chi connectivity index (χ1n) is 13.1. The maximum absolute atomic E-state index is 11.9. The van der Waals surface area contributed by atoms with E-state index < -0.39 is 76.9 Å². The normalized spacial score (nSPS) is 13.4. The van der Waals surface area contributed by atoms with Crippen molar-refractivity contribution in [2.75, 3.05) is 32.2 Å². The van der Waals surface area contributed by atoms with Crippen LogP contribution in [0.4, 0.5) is 28.4 Å². The first-order chi connectivity index (χ1) is 22.4. The smallest absolute Gasteiger partial charge is 0.296 e. The Balaban J connectivity index is 1.90. The van der Waals surface area contributed by atoms with Crippen molar-refractivity contribution in [1.82, 2.24) is 0 Å². The molecule has 0 aliphatic rings. The second kappa shape index (κ2) is 14.5. The van der Waals surface area contributed by atoms with E-state index >= 15 is 0 Å². The summed E-state index contributed by atoms with van der Waals surface area (Å²) in [5, 5.41) is 45.7. The molecule has 0 aromatic heterocycles. The molecule has 0 saturated carbocycles. The second-order valence-electron chi connectivity index (χ2n) is 9.53. The van der Waals surface area contributed by atoms with E-state index in [0.29, 0.717) is 0 Å². The molecule has 48 heavy (non-hydrogen) atoms. The molecule has 12 N–H and O–H groups in total. The first kappa shape index (κ1) is 36.7. The maximum atomic E-state index is 11.9. The number of hydrogen-bond donors (Lipinski definition) is 11. The van der Waals surface area contributed by atoms with E-state index in [1.54, 1.807) is 0 Å². The van der Waals surface area contributed by atoms with E-state index in [1.165, 1.54) is 18.2 Å². The van der Waals surface area contributed by atoms with Crippen LogP contribution >= 0.6 is 21.7 Å². The van der Waals surface area contributed by atoms with Crippen molar-refractivity contribution in [1.29, 1.82) is 0 Å². The number of benzene rings is 4. The van der Waals surface area contributed by atoms with Crippen molar-refractivity contribution in [3.8, 4) is 17.2 Å². The molecular weight excluding hydrogens is 703 g/mol. The van der Waals surface area contributed by atoms with Crippen molar-refractivity contribution >= 4 is 71.1 Å². The number of nitrogens with zero attached hydrogens (tertiary/aromatic N) is 4. The molecule has 0 heterocycles. The summed E-state index contributed by atoms with van der Waals surface area (Å²) in [6.45, 7) is -1.63. The second-order valence-corrected chi connectivity index (χ2v) is 13.9. The molecule has 4 rings (SSSR count). The monoisotopic (exact) mass is 731 g/mol. The molecule has 0 aliphatic carbocycles. The van der Waals surface area contributed by atoms with E-state index in [2.05, 4.69) is 20.5 Å². The highest BCUT2D eigenvalue weighted by Crippen LogP contribution is 2.55.